The van der Waals surface area contributed by atoms with E-state index in [4.69, 9.17) is 15.2 Å². The van der Waals surface area contributed by atoms with Crippen LogP contribution >= 0.6 is 0 Å². The van der Waals surface area contributed by atoms with Crippen LogP contribution in [0.25, 0.3) is 0 Å². The van der Waals surface area contributed by atoms with Gasteiger partial charge in [0.1, 0.15) is 17.6 Å². The van der Waals surface area contributed by atoms with E-state index in [9.17, 15) is 13.6 Å². The van der Waals surface area contributed by atoms with E-state index in [0.717, 1.165) is 13.1 Å². The minimum Gasteiger partial charge on any atom is -0.493 e. The number of halogens is 2. The Hall–Kier alpha value is -2.87. The number of nitrogens with zero attached hydrogens (tertiary/aromatic N) is 1. The summed E-state index contributed by atoms with van der Waals surface area (Å²) < 4.78 is 39.9. The first-order valence-electron chi connectivity index (χ1n) is 9.39. The van der Waals surface area contributed by atoms with Gasteiger partial charge in [-0.1, -0.05) is 30.3 Å². The Morgan fingerprint density at radius 3 is 2.45 bits per heavy atom. The van der Waals surface area contributed by atoms with Crippen LogP contribution in [0.4, 0.5) is 13.6 Å². The fourth-order valence-corrected chi connectivity index (χ4v) is 3.46. The van der Waals surface area contributed by atoms with Crippen molar-refractivity contribution in [1.82, 2.24) is 4.90 Å². The highest BCUT2D eigenvalue weighted by atomic mass is 19.3. The molecule has 2 aromatic carbocycles. The van der Waals surface area contributed by atoms with Crippen molar-refractivity contribution in [2.75, 3.05) is 19.7 Å². The Bertz CT molecular complexity index is 774. The van der Waals surface area contributed by atoms with Gasteiger partial charge < -0.3 is 19.9 Å². The Labute approximate surface area is 168 Å². The maximum absolute atomic E-state index is 12.2. The van der Waals surface area contributed by atoms with Gasteiger partial charge in [0.25, 0.3) is 0 Å². The van der Waals surface area contributed by atoms with E-state index in [1.165, 1.54) is 17.7 Å². The molecular formula is C21H24F2N2O4. The first kappa shape index (κ1) is 20.9. The summed E-state index contributed by atoms with van der Waals surface area (Å²) in [6.45, 7) is -0.313. The first-order valence-corrected chi connectivity index (χ1v) is 9.39. The third kappa shape index (κ3) is 6.60. The third-order valence-corrected chi connectivity index (χ3v) is 4.78. The zero-order valence-electron chi connectivity index (χ0n) is 15.9. The number of nitrogens with two attached hydrogens (primary N) is 1. The summed E-state index contributed by atoms with van der Waals surface area (Å²) in [5.74, 6) is 0.510. The fraction of sp³-hybridized carbons (Fsp3) is 0.381. The molecule has 1 amide bonds. The predicted molar refractivity (Wildman–Crippen MR) is 103 cm³/mol. The standard InChI is InChI=1S/C21H24F2N2O4/c22-20(23)28-18-8-6-17(7-9-18)27-14-16-13-25(11-10-19(16)29-21(24)26)12-15-4-2-1-3-5-15/h1-9,16,19-20H,10-14H2,(H2,24,26)/t16-,19+/m1/s1. The topological polar surface area (TPSA) is 74.0 Å². The molecule has 3 rings (SSSR count). The number of amides is 1. The molecule has 0 spiro atoms. The van der Waals surface area contributed by atoms with Crippen molar-refractivity contribution in [3.8, 4) is 11.5 Å². The van der Waals surface area contributed by atoms with Gasteiger partial charge in [0.2, 0.25) is 0 Å². The molecule has 8 heteroatoms. The number of hydrogen-bond acceptors (Lipinski definition) is 5. The molecule has 1 aliphatic heterocycles. The molecule has 1 aliphatic rings. The highest BCUT2D eigenvalue weighted by Gasteiger charge is 2.32. The summed E-state index contributed by atoms with van der Waals surface area (Å²) in [5.41, 5.74) is 6.42. The second kappa shape index (κ2) is 10.1. The molecule has 29 heavy (non-hydrogen) atoms. The smallest absolute Gasteiger partial charge is 0.404 e. The second-order valence-electron chi connectivity index (χ2n) is 6.91. The maximum Gasteiger partial charge on any atom is 0.404 e. The Morgan fingerprint density at radius 2 is 1.79 bits per heavy atom. The van der Waals surface area contributed by atoms with E-state index in [1.54, 1.807) is 12.1 Å². The van der Waals surface area contributed by atoms with Gasteiger partial charge in [0.15, 0.2) is 0 Å². The molecular weight excluding hydrogens is 382 g/mol. The second-order valence-corrected chi connectivity index (χ2v) is 6.91. The van der Waals surface area contributed by atoms with Gasteiger partial charge in [-0.05, 0) is 36.2 Å². The number of ether oxygens (including phenoxy) is 3. The summed E-state index contributed by atoms with van der Waals surface area (Å²) >= 11 is 0. The molecule has 2 N–H and O–H groups in total. The molecule has 1 heterocycles. The zero-order chi connectivity index (χ0) is 20.6. The van der Waals surface area contributed by atoms with Crippen LogP contribution in [0.15, 0.2) is 54.6 Å². The Balaban J connectivity index is 1.59. The van der Waals surface area contributed by atoms with E-state index in [0.29, 0.717) is 25.3 Å². The average Bonchev–Trinajstić information content (AvgIpc) is 2.69. The number of primary amides is 1. The minimum atomic E-state index is -2.87. The minimum absolute atomic E-state index is 0.0639. The molecule has 0 unspecified atom stereocenters. The van der Waals surface area contributed by atoms with Crippen LogP contribution < -0.4 is 15.2 Å². The number of alkyl halides is 2. The molecule has 156 valence electrons. The summed E-state index contributed by atoms with van der Waals surface area (Å²) in [4.78, 5) is 13.5. The molecule has 2 aromatic rings. The number of hydrogen-bond donors (Lipinski definition) is 1. The number of benzene rings is 2. The van der Waals surface area contributed by atoms with Gasteiger partial charge in [-0.15, -0.1) is 0 Å². The number of piperidine rings is 1. The largest absolute Gasteiger partial charge is 0.493 e. The SMILES string of the molecule is NC(=O)O[C@H]1CCN(Cc2ccccc2)C[C@@H]1COc1ccc(OC(F)F)cc1. The Morgan fingerprint density at radius 1 is 1.10 bits per heavy atom. The normalized spacial score (nSPS) is 19.7. The van der Waals surface area contributed by atoms with Gasteiger partial charge >= 0.3 is 12.7 Å². The third-order valence-electron chi connectivity index (χ3n) is 4.78. The molecule has 6 nitrogen and oxygen atoms in total. The van der Waals surface area contributed by atoms with E-state index in [-0.39, 0.29) is 17.8 Å². The summed E-state index contributed by atoms with van der Waals surface area (Å²) in [7, 11) is 0. The lowest BCUT2D eigenvalue weighted by Crippen LogP contribution is -2.47. The maximum atomic E-state index is 12.2. The van der Waals surface area contributed by atoms with Crippen LogP contribution in [0.5, 0.6) is 11.5 Å². The molecule has 0 radical (unpaired) electrons. The predicted octanol–water partition coefficient (Wildman–Crippen LogP) is 3.65. The first-order chi connectivity index (χ1) is 14.0. The van der Waals surface area contributed by atoms with Crippen molar-refractivity contribution in [2.45, 2.75) is 25.7 Å². The van der Waals surface area contributed by atoms with Gasteiger partial charge in [-0.3, -0.25) is 4.90 Å². The monoisotopic (exact) mass is 406 g/mol. The van der Waals surface area contributed by atoms with E-state index >= 15 is 0 Å². The van der Waals surface area contributed by atoms with Crippen molar-refractivity contribution in [2.24, 2.45) is 11.7 Å². The zero-order valence-corrected chi connectivity index (χ0v) is 15.9. The lowest BCUT2D eigenvalue weighted by Gasteiger charge is -2.37. The molecule has 2 atom stereocenters. The van der Waals surface area contributed by atoms with Gasteiger partial charge in [-0.25, -0.2) is 4.79 Å². The van der Waals surface area contributed by atoms with Crippen molar-refractivity contribution in [3.05, 3.63) is 60.2 Å². The van der Waals surface area contributed by atoms with Crippen LogP contribution in [0, 0.1) is 5.92 Å². The van der Waals surface area contributed by atoms with E-state index in [2.05, 4.69) is 21.8 Å². The van der Waals surface area contributed by atoms with Crippen LogP contribution in [0.1, 0.15) is 12.0 Å². The lowest BCUT2D eigenvalue weighted by molar-refractivity contribution is -0.0499. The summed E-state index contributed by atoms with van der Waals surface area (Å²) in [6.07, 6.45) is -0.476. The van der Waals surface area contributed by atoms with E-state index < -0.39 is 12.7 Å². The van der Waals surface area contributed by atoms with Crippen LogP contribution in [0.3, 0.4) is 0 Å². The quantitative estimate of drug-likeness (QED) is 0.724. The molecule has 0 saturated carbocycles. The van der Waals surface area contributed by atoms with Crippen molar-refractivity contribution in [1.29, 1.82) is 0 Å². The van der Waals surface area contributed by atoms with Crippen LogP contribution in [-0.2, 0) is 11.3 Å². The van der Waals surface area contributed by atoms with Crippen molar-refractivity contribution in [3.63, 3.8) is 0 Å². The highest BCUT2D eigenvalue weighted by Crippen LogP contribution is 2.25. The van der Waals surface area contributed by atoms with Crippen LogP contribution in [0.2, 0.25) is 0 Å². The average molecular weight is 406 g/mol. The van der Waals surface area contributed by atoms with Crippen molar-refractivity contribution < 1.29 is 27.8 Å². The number of likely N-dealkylation sites (tertiary alicyclic amines) is 1. The fourth-order valence-electron chi connectivity index (χ4n) is 3.46. The van der Waals surface area contributed by atoms with Gasteiger partial charge in [0.05, 0.1) is 6.61 Å². The lowest BCUT2D eigenvalue weighted by atomic mass is 9.94. The molecule has 1 saturated heterocycles. The number of rotatable bonds is 8. The summed E-state index contributed by atoms with van der Waals surface area (Å²) in [6, 6.07) is 16.1. The summed E-state index contributed by atoms with van der Waals surface area (Å²) in [5, 5.41) is 0. The van der Waals surface area contributed by atoms with Gasteiger partial charge in [-0.2, -0.15) is 8.78 Å². The molecule has 1 fully saturated rings. The number of carbonyl (C=O) groups is 1. The highest BCUT2D eigenvalue weighted by molar-refractivity contribution is 5.64. The Kier molecular flexibility index (Phi) is 7.24. The molecule has 0 bridgehead atoms. The van der Waals surface area contributed by atoms with Crippen molar-refractivity contribution >= 4 is 6.09 Å². The van der Waals surface area contributed by atoms with Crippen LogP contribution in [-0.4, -0.2) is 43.4 Å². The molecule has 0 aliphatic carbocycles. The van der Waals surface area contributed by atoms with E-state index in [1.807, 2.05) is 18.2 Å². The number of carbonyl (C=O) groups excluding carboxylic acids is 1. The van der Waals surface area contributed by atoms with Gasteiger partial charge in [0, 0.05) is 25.6 Å². The molecule has 0 aromatic heterocycles.